The van der Waals surface area contributed by atoms with Crippen LogP contribution in [0.1, 0.15) is 12.8 Å². The average Bonchev–Trinajstić information content (AvgIpc) is 2.26. The Bertz CT molecular complexity index is 234. The van der Waals surface area contributed by atoms with E-state index in [1.165, 1.54) is 7.11 Å². The lowest BCUT2D eigenvalue weighted by atomic mass is 9.83. The Kier molecular flexibility index (Phi) is 3.23. The molecule has 0 spiro atoms. The van der Waals surface area contributed by atoms with Gasteiger partial charge in [0.2, 0.25) is 0 Å². The van der Waals surface area contributed by atoms with E-state index in [9.17, 15) is 9.90 Å². The minimum atomic E-state index is -0.986. The molecule has 0 aromatic rings. The average molecular weight is 215 g/mol. The second-order valence-electron chi connectivity index (χ2n) is 4.30. The molecule has 2 N–H and O–H groups in total. The lowest BCUT2D eigenvalue weighted by molar-refractivity contribution is -0.155. The molecule has 0 aromatic heterocycles. The molecule has 5 heteroatoms. The summed E-state index contributed by atoms with van der Waals surface area (Å²) in [7, 11) is 1.30. The summed E-state index contributed by atoms with van der Waals surface area (Å²) in [6.07, 6.45) is 0.555. The molecule has 2 saturated heterocycles. The number of piperidine rings is 1. The number of nitrogens with one attached hydrogen (secondary N) is 1. The van der Waals surface area contributed by atoms with Crippen LogP contribution in [0.5, 0.6) is 0 Å². The fourth-order valence-corrected chi connectivity index (χ4v) is 2.45. The van der Waals surface area contributed by atoms with Crippen molar-refractivity contribution in [3.05, 3.63) is 0 Å². The number of carbonyl (C=O) groups excluding carboxylic acids is 1. The van der Waals surface area contributed by atoms with Crippen molar-refractivity contribution in [1.29, 1.82) is 0 Å². The first-order chi connectivity index (χ1) is 7.20. The molecule has 2 heterocycles. The molecule has 0 saturated carbocycles. The highest BCUT2D eigenvalue weighted by atomic mass is 16.5. The molecule has 3 unspecified atom stereocenters. The molecule has 2 rings (SSSR count). The molecule has 2 aliphatic rings. The maximum absolute atomic E-state index is 11.2. The third-order valence-corrected chi connectivity index (χ3v) is 3.17. The number of aliphatic hydroxyl groups excluding tert-OH is 1. The van der Waals surface area contributed by atoms with Gasteiger partial charge in [-0.05, 0) is 18.8 Å². The molecule has 2 aliphatic heterocycles. The molecule has 2 fully saturated rings. The smallest absolute Gasteiger partial charge is 0.334 e. The van der Waals surface area contributed by atoms with E-state index >= 15 is 0 Å². The summed E-state index contributed by atoms with van der Waals surface area (Å²) in [4.78, 5) is 11.2. The molecule has 86 valence electrons. The number of rotatable bonds is 2. The molecule has 2 bridgehead atoms. The van der Waals surface area contributed by atoms with Crippen molar-refractivity contribution in [3.8, 4) is 0 Å². The molecule has 5 nitrogen and oxygen atoms in total. The van der Waals surface area contributed by atoms with E-state index in [4.69, 9.17) is 4.74 Å². The van der Waals surface area contributed by atoms with Gasteiger partial charge in [-0.3, -0.25) is 0 Å². The van der Waals surface area contributed by atoms with Gasteiger partial charge in [0, 0.05) is 12.1 Å². The van der Waals surface area contributed by atoms with Crippen LogP contribution in [0.4, 0.5) is 0 Å². The van der Waals surface area contributed by atoms with E-state index < -0.39 is 12.1 Å². The zero-order valence-corrected chi connectivity index (χ0v) is 8.81. The Labute approximate surface area is 88.7 Å². The van der Waals surface area contributed by atoms with E-state index in [0.717, 1.165) is 12.8 Å². The summed E-state index contributed by atoms with van der Waals surface area (Å²) in [6, 6.07) is 0.531. The van der Waals surface area contributed by atoms with Crippen molar-refractivity contribution in [1.82, 2.24) is 5.32 Å². The quantitative estimate of drug-likeness (QED) is 0.595. The lowest BCUT2D eigenvalue weighted by Gasteiger charge is -2.40. The SMILES string of the molecule is COC(=O)C(O)C1CC2COCC(C1)N2. The van der Waals surface area contributed by atoms with Crippen molar-refractivity contribution in [2.24, 2.45) is 5.92 Å². The number of hydrogen-bond acceptors (Lipinski definition) is 5. The van der Waals surface area contributed by atoms with Gasteiger partial charge in [-0.25, -0.2) is 4.79 Å². The maximum atomic E-state index is 11.2. The third-order valence-electron chi connectivity index (χ3n) is 3.17. The molecular weight excluding hydrogens is 198 g/mol. The van der Waals surface area contributed by atoms with Gasteiger partial charge in [-0.15, -0.1) is 0 Å². The van der Waals surface area contributed by atoms with Crippen LogP contribution in [0.25, 0.3) is 0 Å². The first kappa shape index (κ1) is 10.9. The fraction of sp³-hybridized carbons (Fsp3) is 0.900. The van der Waals surface area contributed by atoms with Gasteiger partial charge in [0.1, 0.15) is 0 Å². The Morgan fingerprint density at radius 2 is 2.07 bits per heavy atom. The molecule has 15 heavy (non-hydrogen) atoms. The Morgan fingerprint density at radius 1 is 1.47 bits per heavy atom. The number of carbonyl (C=O) groups is 1. The number of esters is 1. The maximum Gasteiger partial charge on any atom is 0.334 e. The van der Waals surface area contributed by atoms with Crippen molar-refractivity contribution in [2.45, 2.75) is 31.0 Å². The minimum Gasteiger partial charge on any atom is -0.467 e. The van der Waals surface area contributed by atoms with Crippen LogP contribution in [-0.2, 0) is 14.3 Å². The van der Waals surface area contributed by atoms with Crippen molar-refractivity contribution in [3.63, 3.8) is 0 Å². The van der Waals surface area contributed by atoms with Gasteiger partial charge in [-0.2, -0.15) is 0 Å². The van der Waals surface area contributed by atoms with Crippen LogP contribution in [0.3, 0.4) is 0 Å². The van der Waals surface area contributed by atoms with Gasteiger partial charge in [0.05, 0.1) is 20.3 Å². The Morgan fingerprint density at radius 3 is 2.60 bits per heavy atom. The Hall–Kier alpha value is -0.650. The van der Waals surface area contributed by atoms with E-state index in [2.05, 4.69) is 10.1 Å². The first-order valence-electron chi connectivity index (χ1n) is 5.30. The van der Waals surface area contributed by atoms with Crippen LogP contribution < -0.4 is 5.32 Å². The summed E-state index contributed by atoms with van der Waals surface area (Å²) >= 11 is 0. The van der Waals surface area contributed by atoms with Crippen molar-refractivity contribution in [2.75, 3.05) is 20.3 Å². The monoisotopic (exact) mass is 215 g/mol. The Balaban J connectivity index is 1.96. The van der Waals surface area contributed by atoms with Crippen LogP contribution in [0.2, 0.25) is 0 Å². The molecule has 3 atom stereocenters. The van der Waals surface area contributed by atoms with Gasteiger partial charge in [0.25, 0.3) is 0 Å². The van der Waals surface area contributed by atoms with Gasteiger partial charge >= 0.3 is 5.97 Å². The van der Waals surface area contributed by atoms with Gasteiger partial charge in [-0.1, -0.05) is 0 Å². The highest BCUT2D eigenvalue weighted by molar-refractivity contribution is 5.74. The van der Waals surface area contributed by atoms with E-state index in [0.29, 0.717) is 13.2 Å². The lowest BCUT2D eigenvalue weighted by Crippen LogP contribution is -2.56. The highest BCUT2D eigenvalue weighted by Gasteiger charge is 2.37. The fourth-order valence-electron chi connectivity index (χ4n) is 2.45. The summed E-state index contributed by atoms with van der Waals surface area (Å²) < 4.78 is 9.94. The molecular formula is C10H17NO4. The van der Waals surface area contributed by atoms with E-state index in [1.54, 1.807) is 0 Å². The predicted octanol–water partition coefficient (Wildman–Crippen LogP) is -0.713. The second-order valence-corrected chi connectivity index (χ2v) is 4.30. The van der Waals surface area contributed by atoms with Crippen LogP contribution in [0.15, 0.2) is 0 Å². The third kappa shape index (κ3) is 2.30. The standard InChI is InChI=1S/C10H17NO4/c1-14-10(13)9(12)6-2-7-4-15-5-8(3-6)11-7/h6-9,11-12H,2-5H2,1H3. The van der Waals surface area contributed by atoms with Crippen molar-refractivity contribution >= 4 is 5.97 Å². The minimum absolute atomic E-state index is 0.00222. The van der Waals surface area contributed by atoms with Gasteiger partial charge in [0.15, 0.2) is 6.10 Å². The van der Waals surface area contributed by atoms with E-state index in [1.807, 2.05) is 0 Å². The number of methoxy groups -OCH3 is 1. The number of aliphatic hydroxyl groups is 1. The van der Waals surface area contributed by atoms with Crippen LogP contribution in [0, 0.1) is 5.92 Å². The van der Waals surface area contributed by atoms with E-state index in [-0.39, 0.29) is 18.0 Å². The van der Waals surface area contributed by atoms with Crippen LogP contribution >= 0.6 is 0 Å². The number of ether oxygens (including phenoxy) is 2. The molecule has 0 amide bonds. The normalized spacial score (nSPS) is 37.1. The highest BCUT2D eigenvalue weighted by Crippen LogP contribution is 2.26. The number of fused-ring (bicyclic) bond motifs is 2. The number of morpholine rings is 1. The summed E-state index contributed by atoms with van der Waals surface area (Å²) in [5.74, 6) is -0.529. The topological polar surface area (TPSA) is 67.8 Å². The first-order valence-corrected chi connectivity index (χ1v) is 5.30. The summed E-state index contributed by atoms with van der Waals surface area (Å²) in [5.41, 5.74) is 0. The number of hydrogen-bond donors (Lipinski definition) is 2. The van der Waals surface area contributed by atoms with Crippen molar-refractivity contribution < 1.29 is 19.4 Å². The summed E-state index contributed by atoms with van der Waals surface area (Å²) in [6.45, 7) is 1.34. The molecule has 0 radical (unpaired) electrons. The zero-order chi connectivity index (χ0) is 10.8. The van der Waals surface area contributed by atoms with Gasteiger partial charge < -0.3 is 19.9 Å². The predicted molar refractivity (Wildman–Crippen MR) is 52.3 cm³/mol. The molecule has 0 aromatic carbocycles. The second kappa shape index (κ2) is 4.47. The largest absolute Gasteiger partial charge is 0.467 e. The van der Waals surface area contributed by atoms with Crippen LogP contribution in [-0.4, -0.2) is 49.6 Å². The molecule has 0 aliphatic carbocycles. The zero-order valence-electron chi connectivity index (χ0n) is 8.81. The summed E-state index contributed by atoms with van der Waals surface area (Å²) in [5, 5.41) is 13.2.